The minimum Gasteiger partial charge on any atom is -0.489 e. The fourth-order valence-electron chi connectivity index (χ4n) is 2.12. The van der Waals surface area contributed by atoms with Crippen LogP contribution in [0.5, 0.6) is 5.75 Å². The molecule has 9 nitrogen and oxygen atoms in total. The van der Waals surface area contributed by atoms with Crippen LogP contribution in [-0.4, -0.2) is 37.0 Å². The van der Waals surface area contributed by atoms with Crippen LogP contribution in [0.25, 0.3) is 5.57 Å². The molecule has 25 heavy (non-hydrogen) atoms. The highest BCUT2D eigenvalue weighted by atomic mass is 16.5. The highest BCUT2D eigenvalue weighted by Crippen LogP contribution is 2.24. The minimum atomic E-state index is 0.224. The number of anilines is 1. The van der Waals surface area contributed by atoms with Crippen molar-refractivity contribution in [3.63, 3.8) is 0 Å². The summed E-state index contributed by atoms with van der Waals surface area (Å²) in [5.41, 5.74) is 1.96. The summed E-state index contributed by atoms with van der Waals surface area (Å²) >= 11 is 0. The van der Waals surface area contributed by atoms with Crippen molar-refractivity contribution in [2.24, 2.45) is 0 Å². The number of hydrogen-bond acceptors (Lipinski definition) is 7. The third-order valence-electron chi connectivity index (χ3n) is 3.32. The van der Waals surface area contributed by atoms with E-state index in [1.54, 1.807) is 0 Å². The number of aryl methyl sites for hydroxylation is 1. The van der Waals surface area contributed by atoms with E-state index in [1.807, 2.05) is 54.2 Å². The lowest BCUT2D eigenvalue weighted by Gasteiger charge is -2.11. The predicted octanol–water partition coefficient (Wildman–Crippen LogP) is 1.76. The average Bonchev–Trinajstić information content (AvgIpc) is 3.29. The third-order valence-corrected chi connectivity index (χ3v) is 3.32. The van der Waals surface area contributed by atoms with Gasteiger partial charge in [0.1, 0.15) is 24.0 Å². The van der Waals surface area contributed by atoms with Crippen molar-refractivity contribution >= 4 is 11.3 Å². The normalized spacial score (nSPS) is 11.1. The Hall–Kier alpha value is -3.67. The minimum absolute atomic E-state index is 0.224. The number of tetrazole rings is 1. The zero-order chi connectivity index (χ0) is 17.5. The van der Waals surface area contributed by atoms with Crippen LogP contribution >= 0.6 is 0 Å². The Morgan fingerprint density at radius 2 is 2.28 bits per heavy atom. The lowest BCUT2D eigenvalue weighted by Crippen LogP contribution is -2.09. The van der Waals surface area contributed by atoms with E-state index in [0.717, 1.165) is 11.4 Å². The molecule has 9 heteroatoms. The van der Waals surface area contributed by atoms with Crippen molar-refractivity contribution in [2.75, 3.05) is 11.9 Å². The number of hydrogen-bond donors (Lipinski definition) is 2. The van der Waals surface area contributed by atoms with Crippen LogP contribution in [0.2, 0.25) is 0 Å². The van der Waals surface area contributed by atoms with Gasteiger partial charge in [-0.15, -0.1) is 10.2 Å². The van der Waals surface area contributed by atoms with Crippen LogP contribution in [-0.2, 0) is 6.54 Å². The second-order valence-electron chi connectivity index (χ2n) is 5.11. The second kappa shape index (κ2) is 7.74. The van der Waals surface area contributed by atoms with E-state index in [-0.39, 0.29) is 11.4 Å². The summed E-state index contributed by atoms with van der Waals surface area (Å²) in [6.07, 6.45) is 3.43. The fourth-order valence-corrected chi connectivity index (χ4v) is 2.12. The summed E-state index contributed by atoms with van der Waals surface area (Å²) in [7, 11) is 0. The van der Waals surface area contributed by atoms with E-state index >= 15 is 0 Å². The molecule has 0 atom stereocenters. The SMILES string of the molecule is Cc1ccn(CCOc2ccccc2NC=C(C#N)c2nn[nH]n2)n1. The highest BCUT2D eigenvalue weighted by Gasteiger charge is 2.07. The maximum Gasteiger partial charge on any atom is 0.216 e. The van der Waals surface area contributed by atoms with Gasteiger partial charge < -0.3 is 10.1 Å². The largest absolute Gasteiger partial charge is 0.489 e. The lowest BCUT2D eigenvalue weighted by molar-refractivity contribution is 0.292. The molecular weight excluding hydrogens is 320 g/mol. The first-order chi connectivity index (χ1) is 12.3. The van der Waals surface area contributed by atoms with Gasteiger partial charge >= 0.3 is 0 Å². The number of benzene rings is 1. The van der Waals surface area contributed by atoms with Crippen LogP contribution < -0.4 is 10.1 Å². The summed E-state index contributed by atoms with van der Waals surface area (Å²) < 4.78 is 7.65. The molecule has 0 aliphatic rings. The topological polar surface area (TPSA) is 117 Å². The number of nitriles is 1. The zero-order valence-electron chi connectivity index (χ0n) is 13.5. The third kappa shape index (κ3) is 4.20. The number of aromatic amines is 1. The Morgan fingerprint density at radius 3 is 3.00 bits per heavy atom. The van der Waals surface area contributed by atoms with Gasteiger partial charge in [0, 0.05) is 12.4 Å². The number of allylic oxidation sites excluding steroid dienone is 1. The molecule has 0 aliphatic heterocycles. The molecule has 2 aromatic heterocycles. The predicted molar refractivity (Wildman–Crippen MR) is 90.3 cm³/mol. The van der Waals surface area contributed by atoms with E-state index in [0.29, 0.717) is 18.9 Å². The summed E-state index contributed by atoms with van der Waals surface area (Å²) in [5.74, 6) is 0.899. The molecule has 0 amide bonds. The standard InChI is InChI=1S/C16H16N8O/c1-12-6-7-24(21-12)8-9-25-15-5-3-2-4-14(15)18-11-13(10-17)16-19-22-23-20-16/h2-7,11,18H,8-9H2,1H3,(H,19,20,22,23). The smallest absolute Gasteiger partial charge is 0.216 e. The number of para-hydroxylation sites is 2. The van der Waals surface area contributed by atoms with Gasteiger partial charge in [-0.05, 0) is 30.3 Å². The van der Waals surface area contributed by atoms with Crippen LogP contribution in [0.15, 0.2) is 42.7 Å². The Kier molecular flexibility index (Phi) is 5.01. The first kappa shape index (κ1) is 16.2. The number of rotatable bonds is 7. The Labute approximate surface area is 143 Å². The van der Waals surface area contributed by atoms with E-state index in [4.69, 9.17) is 4.74 Å². The molecule has 2 N–H and O–H groups in total. The molecule has 0 saturated carbocycles. The first-order valence-electron chi connectivity index (χ1n) is 7.59. The maximum absolute atomic E-state index is 9.19. The zero-order valence-corrected chi connectivity index (χ0v) is 13.5. The Morgan fingerprint density at radius 1 is 1.40 bits per heavy atom. The van der Waals surface area contributed by atoms with Gasteiger partial charge in [-0.1, -0.05) is 12.1 Å². The summed E-state index contributed by atoms with van der Waals surface area (Å²) in [4.78, 5) is 0. The van der Waals surface area contributed by atoms with E-state index in [2.05, 4.69) is 31.0 Å². The molecule has 0 bridgehead atoms. The summed E-state index contributed by atoms with van der Waals surface area (Å²) in [6, 6.07) is 11.4. The van der Waals surface area contributed by atoms with E-state index < -0.39 is 0 Å². The average molecular weight is 336 g/mol. The van der Waals surface area contributed by atoms with E-state index in [1.165, 1.54) is 6.20 Å². The number of nitrogens with zero attached hydrogens (tertiary/aromatic N) is 6. The molecule has 1 aromatic carbocycles. The van der Waals surface area contributed by atoms with Gasteiger partial charge in [0.25, 0.3) is 0 Å². The molecule has 0 fully saturated rings. The van der Waals surface area contributed by atoms with Gasteiger partial charge in [-0.25, -0.2) is 0 Å². The summed E-state index contributed by atoms with van der Waals surface area (Å²) in [5, 5.41) is 29.9. The van der Waals surface area contributed by atoms with Gasteiger partial charge in [0.05, 0.1) is 17.9 Å². The molecule has 0 spiro atoms. The molecule has 126 valence electrons. The van der Waals surface area contributed by atoms with Crippen molar-refractivity contribution in [3.05, 3.63) is 54.2 Å². The monoisotopic (exact) mass is 336 g/mol. The van der Waals surface area contributed by atoms with Crippen molar-refractivity contribution in [1.82, 2.24) is 30.4 Å². The quantitative estimate of drug-likeness (QED) is 0.631. The Balaban J connectivity index is 1.65. The lowest BCUT2D eigenvalue weighted by atomic mass is 10.2. The molecule has 0 unspecified atom stereocenters. The molecule has 3 aromatic rings. The van der Waals surface area contributed by atoms with Gasteiger partial charge in [0.15, 0.2) is 0 Å². The number of H-pyrrole nitrogens is 1. The fraction of sp³-hybridized carbons (Fsp3) is 0.188. The van der Waals surface area contributed by atoms with Crippen LogP contribution in [0.3, 0.4) is 0 Å². The molecule has 0 saturated heterocycles. The first-order valence-corrected chi connectivity index (χ1v) is 7.59. The van der Waals surface area contributed by atoms with Crippen LogP contribution in [0, 0.1) is 18.3 Å². The highest BCUT2D eigenvalue weighted by molar-refractivity contribution is 5.74. The van der Waals surface area contributed by atoms with Crippen molar-refractivity contribution in [1.29, 1.82) is 5.26 Å². The molecule has 3 rings (SSSR count). The number of aromatic nitrogens is 6. The number of ether oxygens (including phenoxy) is 1. The second-order valence-corrected chi connectivity index (χ2v) is 5.11. The van der Waals surface area contributed by atoms with Gasteiger partial charge in [-0.2, -0.15) is 15.6 Å². The van der Waals surface area contributed by atoms with Crippen LogP contribution in [0.4, 0.5) is 5.69 Å². The molecule has 2 heterocycles. The van der Waals surface area contributed by atoms with Gasteiger partial charge in [0.2, 0.25) is 5.82 Å². The molecular formula is C16H16N8O. The van der Waals surface area contributed by atoms with Crippen molar-refractivity contribution in [2.45, 2.75) is 13.5 Å². The van der Waals surface area contributed by atoms with E-state index in [9.17, 15) is 5.26 Å². The summed E-state index contributed by atoms with van der Waals surface area (Å²) in [6.45, 7) is 3.06. The van der Waals surface area contributed by atoms with Gasteiger partial charge in [-0.3, -0.25) is 4.68 Å². The van der Waals surface area contributed by atoms with Crippen molar-refractivity contribution in [3.8, 4) is 11.8 Å². The molecule has 0 radical (unpaired) electrons. The van der Waals surface area contributed by atoms with Crippen molar-refractivity contribution < 1.29 is 4.74 Å². The molecule has 0 aliphatic carbocycles. The maximum atomic E-state index is 9.19. The Bertz CT molecular complexity index is 891. The van der Waals surface area contributed by atoms with Crippen LogP contribution in [0.1, 0.15) is 11.5 Å². The number of nitrogens with one attached hydrogen (secondary N) is 2.